The number of hydrogen-bond donors (Lipinski definition) is 0. The summed E-state index contributed by atoms with van der Waals surface area (Å²) in [6.07, 6.45) is 3.34. The molecule has 0 unspecified atom stereocenters. The highest BCUT2D eigenvalue weighted by atomic mass is 16.5. The number of para-hydroxylation sites is 1. The number of rotatable bonds is 7. The van der Waals surface area contributed by atoms with E-state index in [0.717, 1.165) is 42.4 Å². The van der Waals surface area contributed by atoms with Crippen LogP contribution in [-0.2, 0) is 22.5 Å². The predicted molar refractivity (Wildman–Crippen MR) is 105 cm³/mol. The molecular weight excluding hydrogens is 338 g/mol. The third kappa shape index (κ3) is 4.40. The zero-order chi connectivity index (χ0) is 18.5. The van der Waals surface area contributed by atoms with Crippen LogP contribution in [0.25, 0.3) is 11.0 Å². The fraction of sp³-hybridized carbons (Fsp3) is 0.348. The quantitative estimate of drug-likeness (QED) is 0.617. The van der Waals surface area contributed by atoms with Crippen molar-refractivity contribution in [2.45, 2.75) is 38.3 Å². The van der Waals surface area contributed by atoms with Gasteiger partial charge < -0.3 is 14.1 Å². The largest absolute Gasteiger partial charge is 0.459 e. The molecule has 0 spiro atoms. The van der Waals surface area contributed by atoms with Crippen molar-refractivity contribution in [3.63, 3.8) is 0 Å². The van der Waals surface area contributed by atoms with Crippen LogP contribution >= 0.6 is 0 Å². The van der Waals surface area contributed by atoms with E-state index in [2.05, 4.69) is 24.3 Å². The maximum atomic E-state index is 13.0. The normalized spacial score (nSPS) is 16.7. The molecule has 1 saturated heterocycles. The van der Waals surface area contributed by atoms with Crippen molar-refractivity contribution < 1.29 is 13.9 Å². The molecule has 0 aliphatic carbocycles. The van der Waals surface area contributed by atoms with Gasteiger partial charge in [-0.3, -0.25) is 4.79 Å². The van der Waals surface area contributed by atoms with Gasteiger partial charge in [-0.05, 0) is 43.4 Å². The van der Waals surface area contributed by atoms with Gasteiger partial charge in [0.15, 0.2) is 0 Å². The Bertz CT molecular complexity index is 848. The van der Waals surface area contributed by atoms with E-state index >= 15 is 0 Å². The van der Waals surface area contributed by atoms with Crippen molar-refractivity contribution in [3.8, 4) is 0 Å². The van der Waals surface area contributed by atoms with Gasteiger partial charge >= 0.3 is 0 Å². The maximum absolute atomic E-state index is 13.0. The molecule has 1 aliphatic heterocycles. The lowest BCUT2D eigenvalue weighted by Crippen LogP contribution is -2.39. The Morgan fingerprint density at radius 1 is 1.07 bits per heavy atom. The summed E-state index contributed by atoms with van der Waals surface area (Å²) in [5, 5.41) is 1.07. The highest BCUT2D eigenvalue weighted by Gasteiger charge is 2.28. The number of amides is 1. The highest BCUT2D eigenvalue weighted by Crippen LogP contribution is 2.22. The smallest absolute Gasteiger partial charge is 0.252 e. The van der Waals surface area contributed by atoms with Gasteiger partial charge in [-0.2, -0.15) is 0 Å². The summed E-state index contributed by atoms with van der Waals surface area (Å²) >= 11 is 0. The van der Waals surface area contributed by atoms with Gasteiger partial charge in [0.1, 0.15) is 17.4 Å². The number of furan rings is 1. The summed E-state index contributed by atoms with van der Waals surface area (Å²) in [4.78, 5) is 14.9. The van der Waals surface area contributed by atoms with Crippen LogP contribution in [0.5, 0.6) is 0 Å². The fourth-order valence-electron chi connectivity index (χ4n) is 3.66. The molecule has 1 amide bonds. The number of ether oxygens (including phenoxy) is 1. The second-order valence-corrected chi connectivity index (χ2v) is 7.10. The van der Waals surface area contributed by atoms with Crippen LogP contribution in [0.1, 0.15) is 30.6 Å². The Morgan fingerprint density at radius 2 is 1.89 bits per heavy atom. The zero-order valence-electron chi connectivity index (χ0n) is 15.5. The molecule has 27 heavy (non-hydrogen) atoms. The average Bonchev–Trinajstić information content (AvgIpc) is 3.37. The Kier molecular flexibility index (Phi) is 5.54. The number of carbonyl (C=O) groups excluding carboxylic acids is 1. The van der Waals surface area contributed by atoms with Crippen LogP contribution < -0.4 is 0 Å². The minimum Gasteiger partial charge on any atom is -0.459 e. The first-order valence-corrected chi connectivity index (χ1v) is 9.71. The lowest BCUT2D eigenvalue weighted by molar-refractivity contribution is -0.141. The van der Waals surface area contributed by atoms with Crippen LogP contribution in [0.4, 0.5) is 0 Å². The molecular formula is C23H25NO3. The highest BCUT2D eigenvalue weighted by molar-refractivity contribution is 5.81. The van der Waals surface area contributed by atoms with E-state index in [1.807, 2.05) is 41.3 Å². The molecule has 4 nitrogen and oxygen atoms in total. The molecule has 2 heterocycles. The lowest BCUT2D eigenvalue weighted by Gasteiger charge is -2.24. The van der Waals surface area contributed by atoms with Gasteiger partial charge in [-0.1, -0.05) is 48.5 Å². The summed E-state index contributed by atoms with van der Waals surface area (Å²) in [5.74, 6) is 0.906. The standard InChI is InChI=1S/C23H25NO3/c25-23(22-13-7-15-26-22)24(14-6-10-18-8-2-1-3-9-18)17-20-16-19-11-4-5-12-21(19)27-20/h1-5,8-9,11-12,16,22H,6-7,10,13-15,17H2/t22-/m0/s1. The van der Waals surface area contributed by atoms with Crippen LogP contribution in [0.2, 0.25) is 0 Å². The van der Waals surface area contributed by atoms with E-state index in [0.29, 0.717) is 19.7 Å². The summed E-state index contributed by atoms with van der Waals surface area (Å²) < 4.78 is 11.6. The molecule has 4 heteroatoms. The fourth-order valence-corrected chi connectivity index (χ4v) is 3.66. The molecule has 1 fully saturated rings. The van der Waals surface area contributed by atoms with Crippen molar-refractivity contribution in [2.75, 3.05) is 13.2 Å². The topological polar surface area (TPSA) is 42.7 Å². The second-order valence-electron chi connectivity index (χ2n) is 7.10. The van der Waals surface area contributed by atoms with Crippen LogP contribution in [-0.4, -0.2) is 30.1 Å². The number of benzene rings is 2. The second kappa shape index (κ2) is 8.40. The molecule has 0 bridgehead atoms. The summed E-state index contributed by atoms with van der Waals surface area (Å²) in [7, 11) is 0. The van der Waals surface area contributed by atoms with E-state index in [1.54, 1.807) is 0 Å². The van der Waals surface area contributed by atoms with Crippen LogP contribution in [0, 0.1) is 0 Å². The first kappa shape index (κ1) is 17.8. The number of nitrogens with zero attached hydrogens (tertiary/aromatic N) is 1. The minimum absolute atomic E-state index is 0.0843. The SMILES string of the molecule is O=C([C@@H]1CCCO1)N(CCCc1ccccc1)Cc1cc2ccccc2o1. The van der Waals surface area contributed by atoms with Crippen molar-refractivity contribution in [1.82, 2.24) is 4.90 Å². The molecule has 1 aromatic heterocycles. The summed E-state index contributed by atoms with van der Waals surface area (Å²) in [6.45, 7) is 1.87. The Hall–Kier alpha value is -2.59. The molecule has 0 saturated carbocycles. The summed E-state index contributed by atoms with van der Waals surface area (Å²) in [6, 6.07) is 20.4. The van der Waals surface area contributed by atoms with E-state index in [1.165, 1.54) is 5.56 Å². The Morgan fingerprint density at radius 3 is 2.67 bits per heavy atom. The monoisotopic (exact) mass is 363 g/mol. The van der Waals surface area contributed by atoms with Crippen LogP contribution in [0.15, 0.2) is 65.1 Å². The van der Waals surface area contributed by atoms with Crippen molar-refractivity contribution in [1.29, 1.82) is 0 Å². The molecule has 3 aromatic rings. The van der Waals surface area contributed by atoms with E-state index in [-0.39, 0.29) is 12.0 Å². The van der Waals surface area contributed by atoms with Gasteiger partial charge in [0.05, 0.1) is 6.54 Å². The number of carbonyl (C=O) groups is 1. The van der Waals surface area contributed by atoms with Crippen LogP contribution in [0.3, 0.4) is 0 Å². The molecule has 2 aromatic carbocycles. The van der Waals surface area contributed by atoms with E-state index < -0.39 is 0 Å². The minimum atomic E-state index is -0.300. The molecule has 1 atom stereocenters. The third-order valence-electron chi connectivity index (χ3n) is 5.08. The first-order chi connectivity index (χ1) is 13.3. The summed E-state index contributed by atoms with van der Waals surface area (Å²) in [5.41, 5.74) is 2.16. The van der Waals surface area contributed by atoms with E-state index in [4.69, 9.17) is 9.15 Å². The van der Waals surface area contributed by atoms with Crippen molar-refractivity contribution in [3.05, 3.63) is 72.0 Å². The Labute approximate surface area is 159 Å². The Balaban J connectivity index is 1.45. The van der Waals surface area contributed by atoms with Gasteiger partial charge in [0.25, 0.3) is 5.91 Å². The lowest BCUT2D eigenvalue weighted by atomic mass is 10.1. The van der Waals surface area contributed by atoms with Gasteiger partial charge in [-0.15, -0.1) is 0 Å². The number of aryl methyl sites for hydroxylation is 1. The molecule has 4 rings (SSSR count). The molecule has 1 aliphatic rings. The van der Waals surface area contributed by atoms with Gasteiger partial charge in [0.2, 0.25) is 0 Å². The number of hydrogen-bond acceptors (Lipinski definition) is 3. The van der Waals surface area contributed by atoms with Crippen molar-refractivity contribution >= 4 is 16.9 Å². The number of fused-ring (bicyclic) bond motifs is 1. The molecule has 0 N–H and O–H groups in total. The van der Waals surface area contributed by atoms with Gasteiger partial charge in [-0.25, -0.2) is 0 Å². The maximum Gasteiger partial charge on any atom is 0.252 e. The third-order valence-corrected chi connectivity index (χ3v) is 5.08. The van der Waals surface area contributed by atoms with Crippen molar-refractivity contribution in [2.24, 2.45) is 0 Å². The predicted octanol–water partition coefficient (Wildman–Crippen LogP) is 4.57. The average molecular weight is 363 g/mol. The zero-order valence-corrected chi connectivity index (χ0v) is 15.5. The molecule has 0 radical (unpaired) electrons. The van der Waals surface area contributed by atoms with Gasteiger partial charge in [0, 0.05) is 18.5 Å². The molecule has 140 valence electrons. The van der Waals surface area contributed by atoms with E-state index in [9.17, 15) is 4.79 Å². The first-order valence-electron chi connectivity index (χ1n) is 9.71.